The van der Waals surface area contributed by atoms with Gasteiger partial charge in [0.2, 0.25) is 10.0 Å². The van der Waals surface area contributed by atoms with E-state index in [1.54, 1.807) is 26.0 Å². The molecule has 0 saturated carbocycles. The highest BCUT2D eigenvalue weighted by Gasteiger charge is 2.35. The number of piperazine rings is 1. The fourth-order valence-corrected chi connectivity index (χ4v) is 5.90. The molecule has 0 aliphatic carbocycles. The molecule has 10 heteroatoms. The predicted molar refractivity (Wildman–Crippen MR) is 99.8 cm³/mol. The number of hydrogen-bond donors (Lipinski definition) is 0. The van der Waals surface area contributed by atoms with Gasteiger partial charge in [-0.05, 0) is 31.2 Å². The SMILES string of the molecule is CCOc1ccc(S(=O)(=O)N2CCN(S(=O)(=O)N(CC)CC)CC2)cc1. The number of hydrogen-bond acceptors (Lipinski definition) is 5. The van der Waals surface area contributed by atoms with Gasteiger partial charge < -0.3 is 4.74 Å². The quantitative estimate of drug-likeness (QED) is 0.643. The van der Waals surface area contributed by atoms with E-state index in [0.717, 1.165) is 0 Å². The maximum Gasteiger partial charge on any atom is 0.282 e. The van der Waals surface area contributed by atoms with Crippen LogP contribution in [0.1, 0.15) is 20.8 Å². The summed E-state index contributed by atoms with van der Waals surface area (Å²) in [6, 6.07) is 6.27. The summed E-state index contributed by atoms with van der Waals surface area (Å²) in [5, 5.41) is 0. The largest absolute Gasteiger partial charge is 0.494 e. The van der Waals surface area contributed by atoms with Crippen molar-refractivity contribution in [2.45, 2.75) is 25.7 Å². The molecular formula is C16H27N3O5S2. The molecule has 0 radical (unpaired) electrons. The summed E-state index contributed by atoms with van der Waals surface area (Å²) in [6.07, 6.45) is 0. The van der Waals surface area contributed by atoms with E-state index in [4.69, 9.17) is 4.74 Å². The van der Waals surface area contributed by atoms with Crippen LogP contribution in [0, 0.1) is 0 Å². The van der Waals surface area contributed by atoms with Gasteiger partial charge in [-0.3, -0.25) is 0 Å². The second kappa shape index (κ2) is 8.66. The van der Waals surface area contributed by atoms with Crippen LogP contribution < -0.4 is 4.74 Å². The van der Waals surface area contributed by atoms with Gasteiger partial charge in [-0.1, -0.05) is 13.8 Å². The van der Waals surface area contributed by atoms with Crippen LogP contribution in [0.15, 0.2) is 29.2 Å². The average Bonchev–Trinajstić information content (AvgIpc) is 2.63. The Hall–Kier alpha value is -1.20. The number of ether oxygens (including phenoxy) is 1. The van der Waals surface area contributed by atoms with Crippen LogP contribution in [0.2, 0.25) is 0 Å². The fraction of sp³-hybridized carbons (Fsp3) is 0.625. The van der Waals surface area contributed by atoms with Crippen LogP contribution in [-0.4, -0.2) is 75.6 Å². The smallest absolute Gasteiger partial charge is 0.282 e. The van der Waals surface area contributed by atoms with Gasteiger partial charge in [0.1, 0.15) is 5.75 Å². The first kappa shape index (κ1) is 21.1. The molecule has 0 amide bonds. The first-order valence-electron chi connectivity index (χ1n) is 8.75. The summed E-state index contributed by atoms with van der Waals surface area (Å²) in [6.45, 7) is 7.29. The van der Waals surface area contributed by atoms with E-state index < -0.39 is 20.2 Å². The molecule has 1 aromatic carbocycles. The third-order valence-electron chi connectivity index (χ3n) is 4.33. The molecule has 0 atom stereocenters. The normalized spacial score (nSPS) is 17.5. The van der Waals surface area contributed by atoms with Crippen molar-refractivity contribution in [2.75, 3.05) is 45.9 Å². The van der Waals surface area contributed by atoms with Gasteiger partial charge in [0.25, 0.3) is 10.2 Å². The molecule has 0 spiro atoms. The van der Waals surface area contributed by atoms with Crippen molar-refractivity contribution < 1.29 is 21.6 Å². The monoisotopic (exact) mass is 405 g/mol. The number of rotatable bonds is 8. The molecular weight excluding hydrogens is 378 g/mol. The molecule has 1 aliphatic rings. The van der Waals surface area contributed by atoms with Crippen LogP contribution in [0.4, 0.5) is 0 Å². The van der Waals surface area contributed by atoms with Gasteiger partial charge in [0.15, 0.2) is 0 Å². The number of benzene rings is 1. The zero-order valence-corrected chi connectivity index (χ0v) is 17.1. The van der Waals surface area contributed by atoms with E-state index in [9.17, 15) is 16.8 Å². The maximum absolute atomic E-state index is 12.8. The third kappa shape index (κ3) is 4.37. The molecule has 0 bridgehead atoms. The summed E-state index contributed by atoms with van der Waals surface area (Å²) >= 11 is 0. The molecule has 0 aromatic heterocycles. The first-order chi connectivity index (χ1) is 12.3. The molecule has 1 aromatic rings. The lowest BCUT2D eigenvalue weighted by atomic mass is 10.3. The third-order valence-corrected chi connectivity index (χ3v) is 8.43. The molecule has 1 saturated heterocycles. The van der Waals surface area contributed by atoms with Gasteiger partial charge in [0, 0.05) is 39.3 Å². The zero-order chi connectivity index (χ0) is 19.4. The van der Waals surface area contributed by atoms with Gasteiger partial charge in [0.05, 0.1) is 11.5 Å². The molecule has 1 heterocycles. The van der Waals surface area contributed by atoms with E-state index >= 15 is 0 Å². The van der Waals surface area contributed by atoms with Gasteiger partial charge in [-0.2, -0.15) is 21.3 Å². The lowest BCUT2D eigenvalue weighted by Crippen LogP contribution is -2.54. The Morgan fingerprint density at radius 1 is 0.885 bits per heavy atom. The summed E-state index contributed by atoms with van der Waals surface area (Å²) in [7, 11) is -7.19. The van der Waals surface area contributed by atoms with E-state index in [-0.39, 0.29) is 31.1 Å². The summed E-state index contributed by atoms with van der Waals surface area (Å²) in [4.78, 5) is 0.181. The lowest BCUT2D eigenvalue weighted by Gasteiger charge is -2.35. The van der Waals surface area contributed by atoms with Crippen molar-refractivity contribution in [3.05, 3.63) is 24.3 Å². The molecule has 148 valence electrons. The minimum atomic E-state index is -3.65. The Morgan fingerprint density at radius 2 is 1.38 bits per heavy atom. The minimum Gasteiger partial charge on any atom is -0.494 e. The van der Waals surface area contributed by atoms with Crippen molar-refractivity contribution in [2.24, 2.45) is 0 Å². The van der Waals surface area contributed by atoms with Crippen LogP contribution in [-0.2, 0) is 20.2 Å². The van der Waals surface area contributed by atoms with Crippen LogP contribution in [0.3, 0.4) is 0 Å². The van der Waals surface area contributed by atoms with Crippen molar-refractivity contribution in [1.82, 2.24) is 12.9 Å². The van der Waals surface area contributed by atoms with E-state index in [0.29, 0.717) is 25.4 Å². The standard InChI is InChI=1S/C16H27N3O5S2/c1-4-17(5-2)26(22,23)19-13-11-18(12-14-19)25(20,21)16-9-7-15(8-10-16)24-6-3/h7-10H,4-6,11-14H2,1-3H3. The van der Waals surface area contributed by atoms with Crippen molar-refractivity contribution in [1.29, 1.82) is 0 Å². The summed E-state index contributed by atoms with van der Waals surface area (Å²) in [5.41, 5.74) is 0. The second-order valence-electron chi connectivity index (χ2n) is 5.80. The van der Waals surface area contributed by atoms with Crippen LogP contribution in [0.5, 0.6) is 5.75 Å². The Kier molecular flexibility index (Phi) is 7.03. The number of sulfonamides is 1. The highest BCUT2D eigenvalue weighted by molar-refractivity contribution is 7.89. The maximum atomic E-state index is 12.8. The number of nitrogens with zero attached hydrogens (tertiary/aromatic N) is 3. The first-order valence-corrected chi connectivity index (χ1v) is 11.6. The van der Waals surface area contributed by atoms with Crippen molar-refractivity contribution in [3.63, 3.8) is 0 Å². The molecule has 8 nitrogen and oxygen atoms in total. The van der Waals surface area contributed by atoms with Crippen molar-refractivity contribution in [3.8, 4) is 5.75 Å². The van der Waals surface area contributed by atoms with Gasteiger partial charge >= 0.3 is 0 Å². The van der Waals surface area contributed by atoms with Gasteiger partial charge in [-0.15, -0.1) is 0 Å². The van der Waals surface area contributed by atoms with Crippen LogP contribution in [0.25, 0.3) is 0 Å². The topological polar surface area (TPSA) is 87.2 Å². The Labute approximate surface area is 156 Å². The van der Waals surface area contributed by atoms with Gasteiger partial charge in [-0.25, -0.2) is 8.42 Å². The van der Waals surface area contributed by atoms with E-state index in [1.807, 2.05) is 6.92 Å². The Morgan fingerprint density at radius 3 is 1.85 bits per heavy atom. The second-order valence-corrected chi connectivity index (χ2v) is 9.67. The zero-order valence-electron chi connectivity index (χ0n) is 15.5. The molecule has 1 fully saturated rings. The lowest BCUT2D eigenvalue weighted by molar-refractivity contribution is 0.256. The predicted octanol–water partition coefficient (Wildman–Crippen LogP) is 0.978. The molecule has 1 aliphatic heterocycles. The molecule has 2 rings (SSSR count). The Balaban J connectivity index is 2.08. The summed E-state index contributed by atoms with van der Waals surface area (Å²) < 4.78 is 60.0. The molecule has 0 unspecified atom stereocenters. The highest BCUT2D eigenvalue weighted by atomic mass is 32.2. The summed E-state index contributed by atoms with van der Waals surface area (Å²) in [5.74, 6) is 0.613. The average molecular weight is 406 g/mol. The fourth-order valence-electron chi connectivity index (χ4n) is 2.88. The molecule has 26 heavy (non-hydrogen) atoms. The minimum absolute atomic E-state index is 0.135. The molecule has 0 N–H and O–H groups in total. The van der Waals surface area contributed by atoms with E-state index in [2.05, 4.69) is 0 Å². The highest BCUT2D eigenvalue weighted by Crippen LogP contribution is 2.22. The van der Waals surface area contributed by atoms with E-state index in [1.165, 1.54) is 25.0 Å². The van der Waals surface area contributed by atoms with Crippen LogP contribution >= 0.6 is 0 Å². The van der Waals surface area contributed by atoms with Crippen molar-refractivity contribution >= 4 is 20.2 Å². The Bertz CT molecular complexity index is 782.